The molecule has 2 heterocycles. The molecule has 29 heavy (non-hydrogen) atoms. The van der Waals surface area contributed by atoms with E-state index in [9.17, 15) is 18.0 Å². The number of esters is 1. The van der Waals surface area contributed by atoms with Gasteiger partial charge in [-0.3, -0.25) is 4.79 Å². The largest absolute Gasteiger partial charge is 0.461 e. The van der Waals surface area contributed by atoms with Gasteiger partial charge in [0.2, 0.25) is 21.6 Å². The monoisotopic (exact) mass is 438 g/mol. The van der Waals surface area contributed by atoms with Crippen molar-refractivity contribution in [1.82, 2.24) is 13.9 Å². The van der Waals surface area contributed by atoms with Crippen LogP contribution in [0.25, 0.3) is 0 Å². The Hall–Kier alpha value is -2.37. The lowest BCUT2D eigenvalue weighted by Crippen LogP contribution is -2.41. The van der Waals surface area contributed by atoms with Gasteiger partial charge in [-0.1, -0.05) is 34.8 Å². The van der Waals surface area contributed by atoms with Gasteiger partial charge < -0.3 is 10.1 Å². The molecule has 0 atom stereocenters. The fourth-order valence-electron chi connectivity index (χ4n) is 3.09. The maximum atomic E-state index is 12.6. The predicted octanol–water partition coefficient (Wildman–Crippen LogP) is 1.90. The number of carbonyl (C=O) groups is 2. The highest BCUT2D eigenvalue weighted by molar-refractivity contribution is 7.88. The normalized spacial score (nSPS) is 15.8. The highest BCUT2D eigenvalue weighted by Gasteiger charge is 2.32. The van der Waals surface area contributed by atoms with E-state index in [0.717, 1.165) is 17.1 Å². The van der Waals surface area contributed by atoms with Gasteiger partial charge in [0, 0.05) is 30.5 Å². The van der Waals surface area contributed by atoms with E-state index >= 15 is 0 Å². The van der Waals surface area contributed by atoms with Crippen LogP contribution < -0.4 is 5.32 Å². The molecule has 9 nitrogen and oxygen atoms in total. The first kappa shape index (κ1) is 21.3. The van der Waals surface area contributed by atoms with Crippen LogP contribution in [0.5, 0.6) is 0 Å². The number of benzene rings is 1. The van der Waals surface area contributed by atoms with E-state index < -0.39 is 16.0 Å². The van der Waals surface area contributed by atoms with E-state index in [-0.39, 0.29) is 48.0 Å². The summed E-state index contributed by atoms with van der Waals surface area (Å²) in [7, 11) is -3.44. The van der Waals surface area contributed by atoms with Crippen LogP contribution in [0.15, 0.2) is 30.3 Å². The number of anilines is 1. The average Bonchev–Trinajstić information content (AvgIpc) is 3.17. The molecule has 0 radical (unpaired) electrons. The Kier molecular flexibility index (Phi) is 6.93. The Labute approximate surface area is 173 Å². The standard InChI is InChI=1S/C18H22N4O5S2/c1-2-27-18(24)15-17(28-21-20-15)19-16(23)14-8-10-22(11-9-14)29(25,26)12-13-6-4-3-5-7-13/h3-7,14H,2,8-12H2,1H3,(H,19,23). The Morgan fingerprint density at radius 3 is 2.59 bits per heavy atom. The van der Waals surface area contributed by atoms with Crippen molar-refractivity contribution in [2.24, 2.45) is 5.92 Å². The number of hydrogen-bond acceptors (Lipinski definition) is 8. The number of piperidine rings is 1. The van der Waals surface area contributed by atoms with Gasteiger partial charge in [0.05, 0.1) is 12.4 Å². The second-order valence-electron chi connectivity index (χ2n) is 6.58. The van der Waals surface area contributed by atoms with E-state index in [4.69, 9.17) is 4.74 Å². The number of nitrogens with zero attached hydrogens (tertiary/aromatic N) is 3. The zero-order chi connectivity index (χ0) is 20.9. The summed E-state index contributed by atoms with van der Waals surface area (Å²) in [4.78, 5) is 24.4. The predicted molar refractivity (Wildman–Crippen MR) is 108 cm³/mol. The van der Waals surface area contributed by atoms with Gasteiger partial charge in [-0.2, -0.15) is 0 Å². The maximum Gasteiger partial charge on any atom is 0.362 e. The molecule has 1 N–H and O–H groups in total. The lowest BCUT2D eigenvalue weighted by atomic mass is 9.97. The molecule has 0 bridgehead atoms. The van der Waals surface area contributed by atoms with Crippen LogP contribution >= 0.6 is 11.5 Å². The maximum absolute atomic E-state index is 12.6. The molecule has 0 unspecified atom stereocenters. The summed E-state index contributed by atoms with van der Waals surface area (Å²) in [6.07, 6.45) is 0.807. The van der Waals surface area contributed by atoms with E-state index in [1.54, 1.807) is 31.2 Å². The van der Waals surface area contributed by atoms with Crippen LogP contribution in [0.2, 0.25) is 0 Å². The minimum Gasteiger partial charge on any atom is -0.461 e. The molecule has 0 saturated carbocycles. The second-order valence-corrected chi connectivity index (χ2v) is 9.30. The van der Waals surface area contributed by atoms with E-state index in [1.165, 1.54) is 4.31 Å². The van der Waals surface area contributed by atoms with Crippen molar-refractivity contribution in [3.05, 3.63) is 41.6 Å². The van der Waals surface area contributed by atoms with Crippen molar-refractivity contribution in [2.45, 2.75) is 25.5 Å². The Balaban J connectivity index is 1.56. The zero-order valence-corrected chi connectivity index (χ0v) is 17.5. The number of rotatable bonds is 7. The summed E-state index contributed by atoms with van der Waals surface area (Å²) in [5.41, 5.74) is 0.713. The van der Waals surface area contributed by atoms with Gasteiger partial charge in [0.15, 0.2) is 5.00 Å². The minimum atomic E-state index is -3.44. The quantitative estimate of drug-likeness (QED) is 0.656. The molecular weight excluding hydrogens is 416 g/mol. The van der Waals surface area contributed by atoms with Crippen LogP contribution in [0.4, 0.5) is 5.00 Å². The first-order chi connectivity index (χ1) is 13.9. The van der Waals surface area contributed by atoms with Gasteiger partial charge in [0.1, 0.15) is 0 Å². The zero-order valence-electron chi connectivity index (χ0n) is 15.9. The van der Waals surface area contributed by atoms with Crippen LogP contribution in [-0.2, 0) is 25.3 Å². The molecule has 156 valence electrons. The Bertz CT molecular complexity index is 954. The Morgan fingerprint density at radius 2 is 1.93 bits per heavy atom. The highest BCUT2D eigenvalue weighted by Crippen LogP contribution is 2.25. The molecule has 0 spiro atoms. The van der Waals surface area contributed by atoms with Gasteiger partial charge in [-0.25, -0.2) is 17.5 Å². The molecule has 3 rings (SSSR count). The molecule has 1 aromatic heterocycles. The number of sulfonamides is 1. The van der Waals surface area contributed by atoms with Crippen molar-refractivity contribution in [3.8, 4) is 0 Å². The number of nitrogens with one attached hydrogen (secondary N) is 1. The molecule has 1 aliphatic rings. The van der Waals surface area contributed by atoms with E-state index in [1.807, 2.05) is 6.07 Å². The number of amides is 1. The molecule has 0 aliphatic carbocycles. The summed E-state index contributed by atoms with van der Waals surface area (Å²) in [6, 6.07) is 9.01. The van der Waals surface area contributed by atoms with Crippen molar-refractivity contribution in [2.75, 3.05) is 25.0 Å². The third-order valence-electron chi connectivity index (χ3n) is 4.60. The molecule has 1 fully saturated rings. The smallest absolute Gasteiger partial charge is 0.362 e. The van der Waals surface area contributed by atoms with E-state index in [0.29, 0.717) is 12.8 Å². The number of ether oxygens (including phenoxy) is 1. The van der Waals surface area contributed by atoms with Gasteiger partial charge in [-0.15, -0.1) is 5.10 Å². The molecular formula is C18H22N4O5S2. The fourth-order valence-corrected chi connectivity index (χ4v) is 5.22. The fraction of sp³-hybridized carbons (Fsp3) is 0.444. The number of carbonyl (C=O) groups excluding carboxylic acids is 2. The Morgan fingerprint density at radius 1 is 1.24 bits per heavy atom. The summed E-state index contributed by atoms with van der Waals surface area (Å²) >= 11 is 0.902. The lowest BCUT2D eigenvalue weighted by Gasteiger charge is -2.30. The molecule has 1 aromatic carbocycles. The lowest BCUT2D eigenvalue weighted by molar-refractivity contribution is -0.120. The first-order valence-corrected chi connectivity index (χ1v) is 11.6. The van der Waals surface area contributed by atoms with Gasteiger partial charge in [0.25, 0.3) is 0 Å². The summed E-state index contributed by atoms with van der Waals surface area (Å²) in [6.45, 7) is 2.42. The first-order valence-electron chi connectivity index (χ1n) is 9.22. The molecule has 1 saturated heterocycles. The van der Waals surface area contributed by atoms with Gasteiger partial charge in [-0.05, 0) is 25.3 Å². The second kappa shape index (κ2) is 9.42. The third-order valence-corrected chi connectivity index (χ3v) is 7.09. The van der Waals surface area contributed by atoms with Gasteiger partial charge >= 0.3 is 5.97 Å². The number of hydrogen-bond donors (Lipinski definition) is 1. The van der Waals surface area contributed by atoms with Crippen molar-refractivity contribution < 1.29 is 22.7 Å². The molecule has 2 aromatic rings. The van der Waals surface area contributed by atoms with Crippen molar-refractivity contribution in [3.63, 3.8) is 0 Å². The van der Waals surface area contributed by atoms with E-state index in [2.05, 4.69) is 14.9 Å². The molecule has 1 amide bonds. The molecule has 11 heteroatoms. The summed E-state index contributed by atoms with van der Waals surface area (Å²) < 4.78 is 35.3. The van der Waals surface area contributed by atoms with Crippen LogP contribution in [0.3, 0.4) is 0 Å². The van der Waals surface area contributed by atoms with Crippen molar-refractivity contribution in [1.29, 1.82) is 0 Å². The van der Waals surface area contributed by atoms with Crippen LogP contribution in [0, 0.1) is 5.92 Å². The van der Waals surface area contributed by atoms with Crippen LogP contribution in [0.1, 0.15) is 35.8 Å². The number of aromatic nitrogens is 2. The summed E-state index contributed by atoms with van der Waals surface area (Å²) in [5.74, 6) is -1.32. The molecule has 1 aliphatic heterocycles. The van der Waals surface area contributed by atoms with Crippen molar-refractivity contribution >= 4 is 38.4 Å². The topological polar surface area (TPSA) is 119 Å². The van der Waals surface area contributed by atoms with Crippen LogP contribution in [-0.4, -0.2) is 53.9 Å². The average molecular weight is 439 g/mol. The SMILES string of the molecule is CCOC(=O)c1nnsc1NC(=O)C1CCN(S(=O)(=O)Cc2ccccc2)CC1. The summed E-state index contributed by atoms with van der Waals surface area (Å²) in [5, 5.41) is 6.63. The highest BCUT2D eigenvalue weighted by atomic mass is 32.2. The third kappa shape index (κ3) is 5.37. The minimum absolute atomic E-state index is 0.0203.